The molecule has 2 aromatic rings. The van der Waals surface area contributed by atoms with Gasteiger partial charge in [-0.2, -0.15) is 0 Å². The van der Waals surface area contributed by atoms with Gasteiger partial charge in [0, 0.05) is 0 Å². The fourth-order valence-electron chi connectivity index (χ4n) is 5.27. The summed E-state index contributed by atoms with van der Waals surface area (Å²) in [6.45, 7) is 0. The van der Waals surface area contributed by atoms with Crippen molar-refractivity contribution in [3.8, 4) is 0 Å². The Kier molecular flexibility index (Phi) is 3.43. The number of rotatable bonds is 3. The first kappa shape index (κ1) is 23.2. The summed E-state index contributed by atoms with van der Waals surface area (Å²) in [6, 6.07) is 21.4. The van der Waals surface area contributed by atoms with Gasteiger partial charge in [0.15, 0.2) is 0 Å². The third kappa shape index (κ3) is 2.31. The maximum absolute atomic E-state index is 8.21. The molecule has 3 rings (SSSR count). The predicted molar refractivity (Wildman–Crippen MR) is 122 cm³/mol. The summed E-state index contributed by atoms with van der Waals surface area (Å²) in [5.41, 5.74) is 0. The average molecular weight is 431 g/mol. The van der Waals surface area contributed by atoms with E-state index in [2.05, 4.69) is 105 Å². The molecule has 0 saturated carbocycles. The molecule has 0 unspecified atom stereocenters. The van der Waals surface area contributed by atoms with Crippen LogP contribution in [0.1, 0.15) is 6.42 Å². The summed E-state index contributed by atoms with van der Waals surface area (Å²) < 4.78 is 11.9. The minimum absolute atomic E-state index is 0. The second-order valence-corrected chi connectivity index (χ2v) is 52.2. The van der Waals surface area contributed by atoms with Gasteiger partial charge >= 0.3 is 138 Å². The topological polar surface area (TPSA) is 26.0 Å². The van der Waals surface area contributed by atoms with E-state index >= 15 is 0 Å². The summed E-state index contributed by atoms with van der Waals surface area (Å²) >= 11 is 0. The van der Waals surface area contributed by atoms with Crippen LogP contribution < -0.4 is 12.0 Å². The van der Waals surface area contributed by atoms with Gasteiger partial charge < -0.3 is 0 Å². The zero-order chi connectivity index (χ0) is 18.0. The van der Waals surface area contributed by atoms with Crippen LogP contribution in [0.2, 0.25) is 26.1 Å². The van der Waals surface area contributed by atoms with Gasteiger partial charge in [0.1, 0.15) is 0 Å². The van der Waals surface area contributed by atoms with Crippen LogP contribution in [0, 0.1) is 0 Å². The molecule has 0 fully saturated rings. The van der Waals surface area contributed by atoms with Gasteiger partial charge in [-0.1, -0.05) is 0 Å². The average Bonchev–Trinajstić information content (AvgIpc) is 3.05. The van der Waals surface area contributed by atoms with E-state index in [1.165, 1.54) is 11.6 Å². The Labute approximate surface area is 161 Å². The molecule has 1 aliphatic carbocycles. The molecule has 0 saturated heterocycles. The number of halogens is 2. The molecule has 0 aromatic heterocycles. The van der Waals surface area contributed by atoms with Crippen molar-refractivity contribution in [3.05, 3.63) is 82.8 Å². The molecule has 2 N–H and O–H groups in total. The number of hydrogen-bond donors (Lipinski definition) is 1. The summed E-state index contributed by atoms with van der Waals surface area (Å²) in [5, 5.41) is 11.8. The Morgan fingerprint density at radius 3 is 1.38 bits per heavy atom. The summed E-state index contributed by atoms with van der Waals surface area (Å²) in [7, 11) is -5.97. The normalized spacial score (nSPS) is 21.8. The van der Waals surface area contributed by atoms with Crippen molar-refractivity contribution in [2.45, 2.75) is 32.6 Å². The molecule has 0 heterocycles. The van der Waals surface area contributed by atoms with Gasteiger partial charge in [-0.15, -0.1) is 24.8 Å². The van der Waals surface area contributed by atoms with Crippen LogP contribution in [0.5, 0.6) is 0 Å². The van der Waals surface area contributed by atoms with Crippen molar-refractivity contribution in [2.24, 2.45) is 4.22 Å². The van der Waals surface area contributed by atoms with E-state index in [9.17, 15) is 0 Å². The molecule has 0 aliphatic heterocycles. The van der Waals surface area contributed by atoms with Crippen molar-refractivity contribution < 1.29 is 10.4 Å². The number of nitrogens with two attached hydrogens (primary N) is 1. The first-order valence-corrected chi connectivity index (χ1v) is 20.1. The van der Waals surface area contributed by atoms with Crippen molar-refractivity contribution in [1.82, 2.24) is 0 Å². The second kappa shape index (κ2) is 3.84. The van der Waals surface area contributed by atoms with E-state index in [0.29, 0.717) is 0 Å². The summed E-state index contributed by atoms with van der Waals surface area (Å²) in [6.07, 6.45) is 7.50. The van der Waals surface area contributed by atoms with Gasteiger partial charge in [-0.25, -0.2) is 0 Å². The van der Waals surface area contributed by atoms with Crippen LogP contribution in [-0.4, -0.2) is 0 Å². The molecule has 0 amide bonds. The molecular formula is C22H34Cl2NTi. The molecule has 1 aliphatic rings. The quantitative estimate of drug-likeness (QED) is 0.570. The van der Waals surface area contributed by atoms with Gasteiger partial charge in [0.25, 0.3) is 0 Å². The first-order valence-electron chi connectivity index (χ1n) is 9.08. The first-order chi connectivity index (χ1) is 10.5. The van der Waals surface area contributed by atoms with Crippen molar-refractivity contribution in [2.75, 3.05) is 0 Å². The van der Waals surface area contributed by atoms with E-state index in [4.69, 9.17) is 4.22 Å². The fraction of sp³-hybridized carbons (Fsp3) is 0.273. The van der Waals surface area contributed by atoms with Crippen LogP contribution in [0.15, 0.2) is 82.8 Å². The maximum atomic E-state index is 8.21. The number of allylic oxidation sites excluding steroid dienone is 4. The SMILES string of the molecule is Cl.Cl.[CH3][Ti]([CH3])([CH3])([CH3])([CH3])([NH2])([C]1=CC=CC1)([c]1ccccc1)[c]1ccccc1. The molecule has 1 nitrogen and oxygen atoms in total. The predicted octanol–water partition coefficient (Wildman–Crippen LogP) is 6.27. The summed E-state index contributed by atoms with van der Waals surface area (Å²) in [5.74, 6) is 0. The van der Waals surface area contributed by atoms with Crippen LogP contribution in [0.4, 0.5) is 0 Å². The van der Waals surface area contributed by atoms with Crippen LogP contribution in [0.3, 0.4) is 0 Å². The van der Waals surface area contributed by atoms with Gasteiger partial charge in [0.05, 0.1) is 0 Å². The van der Waals surface area contributed by atoms with Gasteiger partial charge in [-0.05, 0) is 0 Å². The molecule has 2 aromatic carbocycles. The van der Waals surface area contributed by atoms with Gasteiger partial charge in [0.2, 0.25) is 0 Å². The molecule has 0 bridgehead atoms. The van der Waals surface area contributed by atoms with Crippen molar-refractivity contribution in [3.63, 3.8) is 0 Å². The number of hydrogen-bond acceptors (Lipinski definition) is 1. The molecular weight excluding hydrogens is 397 g/mol. The van der Waals surface area contributed by atoms with Gasteiger partial charge in [-0.3, -0.25) is 0 Å². The zero-order valence-corrected chi connectivity index (χ0v) is 19.8. The standard InChI is InChI=1S/2C6H5.C5H5.5CH3.2ClH.H2N.Ti/c2*1-2-4-6-5-3-1;1-2-4-5-3-1;;;;;;;;;/h2*1-5H;1-3H,4H2;5*1H3;2*1H;1H2;/q;;;;;;;;;;-1;+1. The Morgan fingerprint density at radius 1 is 0.692 bits per heavy atom. The monoisotopic (exact) mass is 430 g/mol. The molecule has 4 heteroatoms. The second-order valence-electron chi connectivity index (χ2n) is 15.1. The number of benzene rings is 2. The third-order valence-corrected chi connectivity index (χ3v) is 28.3. The molecule has 26 heavy (non-hydrogen) atoms. The Morgan fingerprint density at radius 2 is 1.08 bits per heavy atom. The Hall–Kier alpha value is -0.826. The minimum atomic E-state index is -5.97. The third-order valence-electron chi connectivity index (χ3n) is 8.23. The molecule has 0 radical (unpaired) electrons. The Balaban J connectivity index is 0.00000169. The van der Waals surface area contributed by atoms with Crippen LogP contribution in [0.25, 0.3) is 0 Å². The zero-order valence-electron chi connectivity index (χ0n) is 16.6. The molecule has 0 atom stereocenters. The fourth-order valence-corrected chi connectivity index (χ4v) is 18.5. The van der Waals surface area contributed by atoms with E-state index < -0.39 is 10.4 Å². The summed E-state index contributed by atoms with van der Waals surface area (Å²) in [4.78, 5) is 0. The van der Waals surface area contributed by atoms with Crippen molar-refractivity contribution >= 4 is 32.6 Å². The van der Waals surface area contributed by atoms with Crippen LogP contribution in [-0.2, 0) is 10.4 Å². The van der Waals surface area contributed by atoms with Crippen molar-refractivity contribution in [1.29, 1.82) is 0 Å². The van der Waals surface area contributed by atoms with Crippen LogP contribution >= 0.6 is 24.8 Å². The van der Waals surface area contributed by atoms with E-state index in [0.717, 1.165) is 6.42 Å². The van der Waals surface area contributed by atoms with E-state index in [1.54, 1.807) is 0 Å². The van der Waals surface area contributed by atoms with E-state index in [-0.39, 0.29) is 24.8 Å². The Bertz CT molecular complexity index is 927. The molecule has 0 spiro atoms. The molecule has 145 valence electrons. The van der Waals surface area contributed by atoms with E-state index in [1.807, 2.05) is 0 Å².